The number of aryl methyl sites for hydroxylation is 1. The minimum absolute atomic E-state index is 0.00125. The van der Waals surface area contributed by atoms with Gasteiger partial charge >= 0.3 is 0 Å². The molecule has 0 spiro atoms. The van der Waals surface area contributed by atoms with E-state index in [1.165, 1.54) is 0 Å². The molecule has 0 radical (unpaired) electrons. The van der Waals surface area contributed by atoms with Gasteiger partial charge in [-0.05, 0) is 38.3 Å². The van der Waals surface area contributed by atoms with Crippen LogP contribution in [0.2, 0.25) is 0 Å². The Morgan fingerprint density at radius 2 is 1.87 bits per heavy atom. The van der Waals surface area contributed by atoms with Gasteiger partial charge in [-0.2, -0.15) is 5.10 Å². The van der Waals surface area contributed by atoms with E-state index >= 15 is 0 Å². The van der Waals surface area contributed by atoms with Gasteiger partial charge in [-0.1, -0.05) is 35.5 Å². The molecule has 0 aliphatic carbocycles. The van der Waals surface area contributed by atoms with Crippen molar-refractivity contribution in [2.75, 3.05) is 13.1 Å². The quantitative estimate of drug-likeness (QED) is 0.507. The SMILES string of the molecule is CCn1ccc(-c2cc(C(=O)N3CCCCC3)c3c(-c4ccccc4)noc3n2)n1. The van der Waals surface area contributed by atoms with Crippen LogP contribution in [0, 0.1) is 0 Å². The first kappa shape index (κ1) is 18.5. The Labute approximate surface area is 174 Å². The lowest BCUT2D eigenvalue weighted by atomic mass is 10.0. The summed E-state index contributed by atoms with van der Waals surface area (Å²) in [5, 5.41) is 9.49. The van der Waals surface area contributed by atoms with Crippen LogP contribution in [0.4, 0.5) is 0 Å². The molecular formula is C23H23N5O2. The van der Waals surface area contributed by atoms with Crippen LogP contribution >= 0.6 is 0 Å². The van der Waals surface area contributed by atoms with E-state index < -0.39 is 0 Å². The summed E-state index contributed by atoms with van der Waals surface area (Å²) in [5.41, 5.74) is 3.80. The molecule has 7 nitrogen and oxygen atoms in total. The van der Waals surface area contributed by atoms with Gasteiger partial charge < -0.3 is 9.42 Å². The third kappa shape index (κ3) is 3.26. The molecule has 1 aliphatic heterocycles. The summed E-state index contributed by atoms with van der Waals surface area (Å²) < 4.78 is 7.45. The number of fused-ring (bicyclic) bond motifs is 1. The molecular weight excluding hydrogens is 378 g/mol. The largest absolute Gasteiger partial charge is 0.339 e. The van der Waals surface area contributed by atoms with Crippen molar-refractivity contribution in [3.63, 3.8) is 0 Å². The predicted octanol–water partition coefficient (Wildman–Crippen LogP) is 4.40. The standard InChI is InChI=1S/C23H23N5O2/c1-2-28-14-11-18(25-28)19-15-17(23(29)27-12-7-4-8-13-27)20-21(26-30-22(20)24-19)16-9-5-3-6-10-16/h3,5-6,9-11,14-15H,2,4,7-8,12-13H2,1H3. The summed E-state index contributed by atoms with van der Waals surface area (Å²) in [6.07, 6.45) is 5.13. The average molecular weight is 401 g/mol. The fourth-order valence-corrected chi connectivity index (χ4v) is 3.99. The van der Waals surface area contributed by atoms with Gasteiger partial charge in [-0.25, -0.2) is 4.98 Å². The molecule has 152 valence electrons. The van der Waals surface area contributed by atoms with Crippen LogP contribution in [-0.2, 0) is 6.54 Å². The van der Waals surface area contributed by atoms with E-state index in [0.717, 1.165) is 44.5 Å². The second-order valence-electron chi connectivity index (χ2n) is 7.54. The maximum absolute atomic E-state index is 13.5. The molecule has 1 amide bonds. The van der Waals surface area contributed by atoms with Crippen LogP contribution in [0.25, 0.3) is 33.7 Å². The minimum atomic E-state index is -0.00125. The zero-order chi connectivity index (χ0) is 20.5. The lowest BCUT2D eigenvalue weighted by Gasteiger charge is -2.27. The summed E-state index contributed by atoms with van der Waals surface area (Å²) >= 11 is 0. The smallest absolute Gasteiger partial charge is 0.259 e. The molecule has 4 aromatic rings. The summed E-state index contributed by atoms with van der Waals surface area (Å²) in [6, 6.07) is 13.5. The normalized spacial score (nSPS) is 14.4. The maximum Gasteiger partial charge on any atom is 0.259 e. The van der Waals surface area contributed by atoms with Crippen molar-refractivity contribution >= 4 is 17.0 Å². The summed E-state index contributed by atoms with van der Waals surface area (Å²) in [4.78, 5) is 20.1. The third-order valence-electron chi connectivity index (χ3n) is 5.59. The summed E-state index contributed by atoms with van der Waals surface area (Å²) in [5.74, 6) is -0.00125. The van der Waals surface area contributed by atoms with E-state index in [1.807, 2.05) is 65.2 Å². The third-order valence-corrected chi connectivity index (χ3v) is 5.59. The molecule has 1 fully saturated rings. The maximum atomic E-state index is 13.5. The number of rotatable bonds is 4. The molecule has 0 bridgehead atoms. The molecule has 3 aromatic heterocycles. The first-order valence-electron chi connectivity index (χ1n) is 10.4. The van der Waals surface area contributed by atoms with Crippen molar-refractivity contribution in [2.45, 2.75) is 32.7 Å². The van der Waals surface area contributed by atoms with Gasteiger partial charge in [0.25, 0.3) is 11.6 Å². The van der Waals surface area contributed by atoms with Crippen molar-refractivity contribution in [3.8, 4) is 22.6 Å². The van der Waals surface area contributed by atoms with E-state index in [2.05, 4.69) is 15.2 Å². The second-order valence-corrected chi connectivity index (χ2v) is 7.54. The monoisotopic (exact) mass is 401 g/mol. The average Bonchev–Trinajstić information content (AvgIpc) is 3.46. The summed E-state index contributed by atoms with van der Waals surface area (Å²) in [6.45, 7) is 4.34. The van der Waals surface area contributed by atoms with Crippen LogP contribution in [0.5, 0.6) is 0 Å². The molecule has 30 heavy (non-hydrogen) atoms. The highest BCUT2D eigenvalue weighted by atomic mass is 16.5. The fourth-order valence-electron chi connectivity index (χ4n) is 3.99. The molecule has 0 N–H and O–H groups in total. The summed E-state index contributed by atoms with van der Waals surface area (Å²) in [7, 11) is 0. The number of hydrogen-bond donors (Lipinski definition) is 0. The molecule has 5 rings (SSSR count). The highest BCUT2D eigenvalue weighted by Crippen LogP contribution is 2.33. The van der Waals surface area contributed by atoms with Gasteiger partial charge in [0.2, 0.25) is 0 Å². The molecule has 0 saturated carbocycles. The van der Waals surface area contributed by atoms with Crippen molar-refractivity contribution in [1.29, 1.82) is 0 Å². The molecule has 1 saturated heterocycles. The number of pyridine rings is 1. The lowest BCUT2D eigenvalue weighted by molar-refractivity contribution is 0.0726. The fraction of sp³-hybridized carbons (Fsp3) is 0.304. The molecule has 0 unspecified atom stereocenters. The molecule has 0 atom stereocenters. The van der Waals surface area contributed by atoms with Gasteiger partial charge in [0.05, 0.1) is 16.6 Å². The lowest BCUT2D eigenvalue weighted by Crippen LogP contribution is -2.35. The Morgan fingerprint density at radius 3 is 2.60 bits per heavy atom. The van der Waals surface area contributed by atoms with Gasteiger partial charge in [-0.3, -0.25) is 9.48 Å². The number of benzene rings is 1. The van der Waals surface area contributed by atoms with Crippen molar-refractivity contribution < 1.29 is 9.32 Å². The zero-order valence-electron chi connectivity index (χ0n) is 16.9. The Kier molecular flexibility index (Phi) is 4.78. The minimum Gasteiger partial charge on any atom is -0.339 e. The topological polar surface area (TPSA) is 77.0 Å². The number of hydrogen-bond acceptors (Lipinski definition) is 5. The molecule has 4 heterocycles. The van der Waals surface area contributed by atoms with Crippen molar-refractivity contribution in [2.24, 2.45) is 0 Å². The number of nitrogens with zero attached hydrogens (tertiary/aromatic N) is 5. The second kappa shape index (κ2) is 7.74. The van der Waals surface area contributed by atoms with Gasteiger partial charge in [-0.15, -0.1) is 0 Å². The number of likely N-dealkylation sites (tertiary alicyclic amines) is 1. The molecule has 1 aromatic carbocycles. The van der Waals surface area contributed by atoms with Crippen LogP contribution in [0.1, 0.15) is 36.5 Å². The van der Waals surface area contributed by atoms with E-state index in [1.54, 1.807) is 0 Å². The number of carbonyl (C=O) groups is 1. The van der Waals surface area contributed by atoms with Crippen LogP contribution in [0.15, 0.2) is 53.2 Å². The molecule has 7 heteroatoms. The van der Waals surface area contributed by atoms with E-state index in [-0.39, 0.29) is 5.91 Å². The Morgan fingerprint density at radius 1 is 1.07 bits per heavy atom. The predicted molar refractivity (Wildman–Crippen MR) is 114 cm³/mol. The number of amides is 1. The van der Waals surface area contributed by atoms with Gasteiger partial charge in [0.1, 0.15) is 11.4 Å². The Bertz CT molecular complexity index is 1190. The van der Waals surface area contributed by atoms with Crippen molar-refractivity contribution in [1.82, 2.24) is 24.8 Å². The van der Waals surface area contributed by atoms with Crippen LogP contribution < -0.4 is 0 Å². The van der Waals surface area contributed by atoms with Gasteiger partial charge in [0, 0.05) is 31.4 Å². The van der Waals surface area contributed by atoms with Crippen molar-refractivity contribution in [3.05, 3.63) is 54.2 Å². The van der Waals surface area contributed by atoms with Crippen LogP contribution in [-0.4, -0.2) is 43.8 Å². The Balaban J connectivity index is 1.69. The first-order valence-corrected chi connectivity index (χ1v) is 10.4. The molecule has 1 aliphatic rings. The van der Waals surface area contributed by atoms with E-state index in [4.69, 9.17) is 4.52 Å². The number of aromatic nitrogens is 4. The van der Waals surface area contributed by atoms with Gasteiger partial charge in [0.15, 0.2) is 0 Å². The Hall–Kier alpha value is -3.48. The number of piperidine rings is 1. The van der Waals surface area contributed by atoms with E-state index in [9.17, 15) is 4.79 Å². The first-order chi connectivity index (χ1) is 14.7. The number of carbonyl (C=O) groups excluding carboxylic acids is 1. The van der Waals surface area contributed by atoms with Crippen LogP contribution in [0.3, 0.4) is 0 Å². The highest BCUT2D eigenvalue weighted by Gasteiger charge is 2.26. The highest BCUT2D eigenvalue weighted by molar-refractivity contribution is 6.10. The van der Waals surface area contributed by atoms with E-state index in [0.29, 0.717) is 33.7 Å². The zero-order valence-corrected chi connectivity index (χ0v) is 16.9.